The molecular weight excluding hydrogens is 849 g/mol. The second kappa shape index (κ2) is 21.4. The minimum atomic E-state index is -0.808. The molecule has 4 unspecified atom stereocenters. The molecule has 18 nitrogen and oxygen atoms in total. The maximum absolute atomic E-state index is 14.0. The van der Waals surface area contributed by atoms with Crippen LogP contribution in [0.2, 0.25) is 0 Å². The number of H-pyrrole nitrogens is 2. The summed E-state index contributed by atoms with van der Waals surface area (Å²) in [5.41, 5.74) is 3.58. The van der Waals surface area contributed by atoms with Crippen molar-refractivity contribution in [3.05, 3.63) is 60.4 Å². The molecule has 2 aliphatic heterocycles. The van der Waals surface area contributed by atoms with Gasteiger partial charge < -0.3 is 58.8 Å². The summed E-state index contributed by atoms with van der Waals surface area (Å²) < 4.78 is 33.4. The molecule has 2 aliphatic rings. The SMILES string of the molecule is COCCOc1c(-c2ccc(-c3cnc(C4CCCN4C(=O)C(NC(=O)OC)C(C)(C)C)[nH]3)cc2)ccc(-c2cnc(C3CCCN3C(=O)C(NC(=O)OC)C(C)(C)C)[nH]2)c1OCCOC. The van der Waals surface area contributed by atoms with Crippen molar-refractivity contribution in [1.82, 2.24) is 40.4 Å². The Morgan fingerprint density at radius 2 is 1.05 bits per heavy atom. The number of carbonyl (C=O) groups excluding carboxylic acids is 4. The Balaban J connectivity index is 1.29. The van der Waals surface area contributed by atoms with Crippen molar-refractivity contribution in [3.63, 3.8) is 0 Å². The van der Waals surface area contributed by atoms with Gasteiger partial charge in [0.15, 0.2) is 11.5 Å². The fourth-order valence-electron chi connectivity index (χ4n) is 8.48. The highest BCUT2D eigenvalue weighted by Gasteiger charge is 2.43. The monoisotopic (exact) mass is 914 g/mol. The first-order valence-corrected chi connectivity index (χ1v) is 22.4. The number of carbonyl (C=O) groups is 4. The van der Waals surface area contributed by atoms with Gasteiger partial charge in [-0.1, -0.05) is 65.8 Å². The highest BCUT2D eigenvalue weighted by molar-refractivity contribution is 5.88. The molecule has 4 atom stereocenters. The Kier molecular flexibility index (Phi) is 16.0. The number of methoxy groups -OCH3 is 4. The van der Waals surface area contributed by atoms with Gasteiger partial charge in [-0.15, -0.1) is 0 Å². The molecule has 0 saturated carbocycles. The van der Waals surface area contributed by atoms with Crippen LogP contribution < -0.4 is 20.1 Å². The first-order valence-electron chi connectivity index (χ1n) is 22.4. The van der Waals surface area contributed by atoms with Crippen LogP contribution in [0.25, 0.3) is 33.6 Å². The number of nitrogens with one attached hydrogen (secondary N) is 4. The van der Waals surface area contributed by atoms with Crippen LogP contribution in [0.1, 0.15) is 91.0 Å². The largest absolute Gasteiger partial charge is 0.487 e. The van der Waals surface area contributed by atoms with Crippen LogP contribution in [0.5, 0.6) is 11.5 Å². The van der Waals surface area contributed by atoms with Crippen molar-refractivity contribution < 1.29 is 47.6 Å². The smallest absolute Gasteiger partial charge is 0.407 e. The Bertz CT molecular complexity index is 2300. The maximum atomic E-state index is 14.0. The normalized spacial score (nSPS) is 17.3. The van der Waals surface area contributed by atoms with Crippen molar-refractivity contribution in [1.29, 1.82) is 0 Å². The number of hydrogen-bond donors (Lipinski definition) is 4. The summed E-state index contributed by atoms with van der Waals surface area (Å²) in [4.78, 5) is 72.5. The van der Waals surface area contributed by atoms with Crippen molar-refractivity contribution >= 4 is 24.0 Å². The van der Waals surface area contributed by atoms with Gasteiger partial charge in [0.05, 0.1) is 63.3 Å². The number of imidazole rings is 2. The predicted molar refractivity (Wildman–Crippen MR) is 247 cm³/mol. The fraction of sp³-hybridized carbons (Fsp3) is 0.542. The van der Waals surface area contributed by atoms with E-state index in [1.54, 1.807) is 36.4 Å². The zero-order chi connectivity index (χ0) is 47.8. The summed E-state index contributed by atoms with van der Waals surface area (Å²) in [5.74, 6) is 1.89. The summed E-state index contributed by atoms with van der Waals surface area (Å²) in [5, 5.41) is 5.48. The number of nitrogens with zero attached hydrogens (tertiary/aromatic N) is 4. The first kappa shape index (κ1) is 49.3. The zero-order valence-electron chi connectivity index (χ0n) is 39.9. The summed E-state index contributed by atoms with van der Waals surface area (Å²) >= 11 is 0. The minimum Gasteiger partial charge on any atom is -0.487 e. The molecule has 4 aromatic rings. The lowest BCUT2D eigenvalue weighted by molar-refractivity contribution is -0.137. The van der Waals surface area contributed by atoms with E-state index < -0.39 is 35.1 Å². The molecule has 2 saturated heterocycles. The third kappa shape index (κ3) is 11.3. The van der Waals surface area contributed by atoms with Crippen LogP contribution in [-0.4, -0.2) is 134 Å². The van der Waals surface area contributed by atoms with Crippen molar-refractivity contribution in [2.24, 2.45) is 10.8 Å². The quantitative estimate of drug-likeness (QED) is 0.0785. The maximum Gasteiger partial charge on any atom is 0.407 e. The average Bonchev–Trinajstić information content (AvgIpc) is 4.14. The Morgan fingerprint density at radius 1 is 0.621 bits per heavy atom. The number of alkyl carbamates (subject to hydrolysis) is 2. The van der Waals surface area contributed by atoms with Crippen LogP contribution in [0.15, 0.2) is 48.8 Å². The number of aromatic nitrogens is 4. The van der Waals surface area contributed by atoms with E-state index in [1.807, 2.05) is 77.9 Å². The van der Waals surface area contributed by atoms with Crippen molar-refractivity contribution in [3.8, 4) is 45.1 Å². The molecule has 2 aromatic carbocycles. The molecule has 0 radical (unpaired) electrons. The number of ether oxygens (including phenoxy) is 6. The van der Waals surface area contributed by atoms with Gasteiger partial charge in [-0.2, -0.15) is 0 Å². The number of likely N-dealkylation sites (tertiary alicyclic amines) is 2. The minimum absolute atomic E-state index is 0.182. The van der Waals surface area contributed by atoms with Crippen molar-refractivity contribution in [2.45, 2.75) is 91.4 Å². The van der Waals surface area contributed by atoms with Gasteiger partial charge in [-0.25, -0.2) is 19.6 Å². The number of benzene rings is 2. The first-order chi connectivity index (χ1) is 31.5. The van der Waals surface area contributed by atoms with Crippen LogP contribution in [-0.2, 0) is 28.5 Å². The second-order valence-electron chi connectivity index (χ2n) is 18.7. The molecule has 0 spiro atoms. The van der Waals surface area contributed by atoms with Crippen LogP contribution in [0.4, 0.5) is 9.59 Å². The van der Waals surface area contributed by atoms with Gasteiger partial charge in [0.2, 0.25) is 11.8 Å². The molecular formula is C48H66N8O10. The van der Waals surface area contributed by atoms with E-state index in [9.17, 15) is 19.2 Å². The van der Waals surface area contributed by atoms with E-state index in [-0.39, 0.29) is 37.1 Å². The molecule has 4 N–H and O–H groups in total. The standard InChI is InChI=1S/C48H66N8O10/c1-47(2,3)39(53-45(59)63-9)43(57)55-21-11-13-35(55)41-49-27-33(51-41)30-17-15-29(16-18-30)31-19-20-32(38(66-26-24-62-8)37(31)65-25-23-61-7)34-28-50-42(52-34)36-14-12-22-56(36)44(58)40(48(4,5)6)54-46(60)64-10/h15-20,27-28,35-36,39-40H,11-14,21-26H2,1-10H3,(H,49,51)(H,50,52)(H,53,59)(H,54,60). The summed E-state index contributed by atoms with van der Waals surface area (Å²) in [6.45, 7) is 13.7. The van der Waals surface area contributed by atoms with Gasteiger partial charge in [0.25, 0.3) is 0 Å². The molecule has 18 heteroatoms. The van der Waals surface area contributed by atoms with E-state index in [0.29, 0.717) is 67.1 Å². The number of rotatable bonds is 17. The second-order valence-corrected chi connectivity index (χ2v) is 18.7. The molecule has 4 heterocycles. The molecule has 2 fully saturated rings. The van der Waals surface area contributed by atoms with Crippen LogP contribution in [0, 0.1) is 10.8 Å². The lowest BCUT2D eigenvalue weighted by Gasteiger charge is -2.35. The Hall–Kier alpha value is -6.14. The summed E-state index contributed by atoms with van der Waals surface area (Å²) in [6, 6.07) is 9.74. The zero-order valence-corrected chi connectivity index (χ0v) is 39.9. The molecule has 358 valence electrons. The van der Waals surface area contributed by atoms with E-state index in [0.717, 1.165) is 41.6 Å². The summed E-state index contributed by atoms with van der Waals surface area (Å²) in [7, 11) is 5.78. The molecule has 0 bridgehead atoms. The van der Waals surface area contributed by atoms with E-state index >= 15 is 0 Å². The van der Waals surface area contributed by atoms with E-state index in [2.05, 4.69) is 20.6 Å². The highest BCUT2D eigenvalue weighted by Crippen LogP contribution is 2.46. The predicted octanol–water partition coefficient (Wildman–Crippen LogP) is 7.05. The molecule has 4 amide bonds. The van der Waals surface area contributed by atoms with Crippen molar-refractivity contribution in [2.75, 3.05) is 68.0 Å². The van der Waals surface area contributed by atoms with Gasteiger partial charge in [-0.05, 0) is 59.8 Å². The van der Waals surface area contributed by atoms with Gasteiger partial charge in [0.1, 0.15) is 36.9 Å². The lowest BCUT2D eigenvalue weighted by atomic mass is 9.85. The third-order valence-corrected chi connectivity index (χ3v) is 12.0. The lowest BCUT2D eigenvalue weighted by Crippen LogP contribution is -2.54. The highest BCUT2D eigenvalue weighted by atomic mass is 16.6. The summed E-state index contributed by atoms with van der Waals surface area (Å²) in [6.07, 6.45) is 5.19. The van der Waals surface area contributed by atoms with Gasteiger partial charge in [0, 0.05) is 38.4 Å². The third-order valence-electron chi connectivity index (χ3n) is 12.0. The number of amides is 4. The topological polar surface area (TPSA) is 212 Å². The van der Waals surface area contributed by atoms with E-state index in [4.69, 9.17) is 38.4 Å². The van der Waals surface area contributed by atoms with Gasteiger partial charge >= 0.3 is 12.2 Å². The average molecular weight is 915 g/mol. The number of hydrogen-bond acceptors (Lipinski definition) is 12. The molecule has 0 aliphatic carbocycles. The van der Waals surface area contributed by atoms with E-state index in [1.165, 1.54) is 14.2 Å². The molecule has 66 heavy (non-hydrogen) atoms. The van der Waals surface area contributed by atoms with Crippen LogP contribution >= 0.6 is 0 Å². The van der Waals surface area contributed by atoms with Gasteiger partial charge in [-0.3, -0.25) is 9.59 Å². The van der Waals surface area contributed by atoms with Crippen LogP contribution in [0.3, 0.4) is 0 Å². The molecule has 6 rings (SSSR count). The Morgan fingerprint density at radius 3 is 1.50 bits per heavy atom. The molecule has 2 aromatic heterocycles. The number of aromatic amines is 2. The Labute approximate surface area is 386 Å². The fourth-order valence-corrected chi connectivity index (χ4v) is 8.48.